The minimum atomic E-state index is -0.330. The Bertz CT molecular complexity index is 555. The molecule has 2 heterocycles. The Labute approximate surface area is 96.1 Å². The van der Waals surface area contributed by atoms with Gasteiger partial charge in [-0.1, -0.05) is 5.16 Å². The molecule has 0 spiro atoms. The molecular weight excluding hydrogens is 224 g/mol. The minimum absolute atomic E-state index is 0.0483. The van der Waals surface area contributed by atoms with Crippen molar-refractivity contribution in [2.75, 3.05) is 5.73 Å². The van der Waals surface area contributed by atoms with E-state index in [0.29, 0.717) is 11.4 Å². The summed E-state index contributed by atoms with van der Waals surface area (Å²) in [6.07, 6.45) is 1.64. The van der Waals surface area contributed by atoms with Crippen molar-refractivity contribution in [1.82, 2.24) is 15.1 Å². The summed E-state index contributed by atoms with van der Waals surface area (Å²) in [6.45, 7) is -0.330. The van der Waals surface area contributed by atoms with Crippen LogP contribution in [0, 0.1) is 0 Å². The first kappa shape index (κ1) is 11.0. The standard InChI is InChI=1S/C9H12N6O2/c10-6(4-1-2-13-8(4)12)7(11)9-14-5(3-16)15-17-9/h1-2,13,16H,3,10-12H2/b7-6+. The maximum atomic E-state index is 8.80. The van der Waals surface area contributed by atoms with E-state index in [1.165, 1.54) is 0 Å². The second-order valence-electron chi connectivity index (χ2n) is 3.31. The number of hydrogen-bond acceptors (Lipinski definition) is 7. The summed E-state index contributed by atoms with van der Waals surface area (Å²) in [6, 6.07) is 1.68. The van der Waals surface area contributed by atoms with Crippen LogP contribution < -0.4 is 17.2 Å². The first-order valence-corrected chi connectivity index (χ1v) is 4.75. The molecule has 0 aliphatic heterocycles. The largest absolute Gasteiger partial charge is 0.396 e. The zero-order chi connectivity index (χ0) is 12.4. The second kappa shape index (κ2) is 4.18. The van der Waals surface area contributed by atoms with Crippen LogP contribution in [-0.2, 0) is 6.61 Å². The molecule has 0 bridgehead atoms. The number of aromatic nitrogens is 3. The van der Waals surface area contributed by atoms with Crippen LogP contribution in [0.15, 0.2) is 16.8 Å². The van der Waals surface area contributed by atoms with Gasteiger partial charge in [0.05, 0.1) is 5.70 Å². The molecule has 0 aromatic carbocycles. The Kier molecular flexibility index (Phi) is 2.71. The normalized spacial score (nSPS) is 12.5. The molecule has 0 aliphatic carbocycles. The molecule has 0 amide bonds. The van der Waals surface area contributed by atoms with Gasteiger partial charge in [0.25, 0.3) is 5.89 Å². The Hall–Kier alpha value is -2.48. The fraction of sp³-hybridized carbons (Fsp3) is 0.111. The van der Waals surface area contributed by atoms with Crippen molar-refractivity contribution in [3.63, 3.8) is 0 Å². The van der Waals surface area contributed by atoms with Crippen LogP contribution in [0.3, 0.4) is 0 Å². The van der Waals surface area contributed by atoms with Gasteiger partial charge in [0.15, 0.2) is 5.82 Å². The Morgan fingerprint density at radius 2 is 2.18 bits per heavy atom. The quantitative estimate of drug-likeness (QED) is 0.468. The van der Waals surface area contributed by atoms with E-state index >= 15 is 0 Å². The van der Waals surface area contributed by atoms with Crippen LogP contribution in [0.2, 0.25) is 0 Å². The number of aromatic amines is 1. The number of rotatable bonds is 3. The average molecular weight is 236 g/mol. The summed E-state index contributed by atoms with van der Waals surface area (Å²) < 4.78 is 4.84. The van der Waals surface area contributed by atoms with Crippen LogP contribution in [0.25, 0.3) is 11.4 Å². The molecule has 0 saturated heterocycles. The number of anilines is 1. The highest BCUT2D eigenvalue weighted by molar-refractivity contribution is 5.88. The van der Waals surface area contributed by atoms with E-state index in [9.17, 15) is 0 Å². The smallest absolute Gasteiger partial charge is 0.276 e. The lowest BCUT2D eigenvalue weighted by Crippen LogP contribution is -2.09. The summed E-state index contributed by atoms with van der Waals surface area (Å²) in [7, 11) is 0. The molecule has 0 fully saturated rings. The van der Waals surface area contributed by atoms with Gasteiger partial charge >= 0.3 is 0 Å². The second-order valence-corrected chi connectivity index (χ2v) is 3.31. The van der Waals surface area contributed by atoms with Crippen LogP contribution in [0.5, 0.6) is 0 Å². The first-order valence-electron chi connectivity index (χ1n) is 4.75. The molecule has 0 atom stereocenters. The fourth-order valence-corrected chi connectivity index (χ4v) is 1.31. The predicted molar refractivity (Wildman–Crippen MR) is 60.6 cm³/mol. The average Bonchev–Trinajstić information content (AvgIpc) is 2.95. The Morgan fingerprint density at radius 3 is 2.71 bits per heavy atom. The first-order chi connectivity index (χ1) is 8.13. The number of nitrogens with one attached hydrogen (secondary N) is 1. The van der Waals surface area contributed by atoms with E-state index in [-0.39, 0.29) is 29.7 Å². The molecule has 2 rings (SSSR count). The topological polar surface area (TPSA) is 153 Å². The number of nitrogens with zero attached hydrogens (tertiary/aromatic N) is 2. The molecule has 17 heavy (non-hydrogen) atoms. The van der Waals surface area contributed by atoms with E-state index in [1.807, 2.05) is 0 Å². The highest BCUT2D eigenvalue weighted by Crippen LogP contribution is 2.21. The maximum absolute atomic E-state index is 8.80. The van der Waals surface area contributed by atoms with Gasteiger partial charge in [-0.3, -0.25) is 0 Å². The van der Waals surface area contributed by atoms with Crippen molar-refractivity contribution in [3.8, 4) is 0 Å². The van der Waals surface area contributed by atoms with Crippen molar-refractivity contribution in [1.29, 1.82) is 0 Å². The highest BCUT2D eigenvalue weighted by Gasteiger charge is 2.14. The minimum Gasteiger partial charge on any atom is -0.396 e. The number of hydrogen-bond donors (Lipinski definition) is 5. The zero-order valence-corrected chi connectivity index (χ0v) is 8.84. The lowest BCUT2D eigenvalue weighted by molar-refractivity contribution is 0.263. The lowest BCUT2D eigenvalue weighted by atomic mass is 10.2. The summed E-state index contributed by atoms with van der Waals surface area (Å²) in [4.78, 5) is 6.62. The maximum Gasteiger partial charge on any atom is 0.276 e. The highest BCUT2D eigenvalue weighted by atomic mass is 16.5. The van der Waals surface area contributed by atoms with E-state index in [4.69, 9.17) is 26.8 Å². The molecule has 0 radical (unpaired) electrons. The van der Waals surface area contributed by atoms with Crippen LogP contribution >= 0.6 is 0 Å². The molecule has 8 nitrogen and oxygen atoms in total. The molecule has 0 unspecified atom stereocenters. The molecule has 2 aromatic rings. The van der Waals surface area contributed by atoms with Crippen LogP contribution in [-0.4, -0.2) is 20.2 Å². The van der Waals surface area contributed by atoms with E-state index in [2.05, 4.69) is 15.1 Å². The SMILES string of the molecule is N/C(=C(/N)c1cc[nH]c1N)c1nc(CO)no1. The van der Waals surface area contributed by atoms with Gasteiger partial charge in [-0.25, -0.2) is 0 Å². The van der Waals surface area contributed by atoms with Gasteiger partial charge < -0.3 is 31.8 Å². The molecule has 8 heteroatoms. The molecule has 2 aromatic heterocycles. The number of aliphatic hydroxyl groups is 1. The molecule has 8 N–H and O–H groups in total. The van der Waals surface area contributed by atoms with E-state index in [0.717, 1.165) is 0 Å². The third-order valence-corrected chi connectivity index (χ3v) is 2.20. The van der Waals surface area contributed by atoms with Crippen molar-refractivity contribution in [3.05, 3.63) is 29.5 Å². The van der Waals surface area contributed by atoms with Crippen LogP contribution in [0.4, 0.5) is 5.82 Å². The van der Waals surface area contributed by atoms with E-state index < -0.39 is 0 Å². The molecule has 90 valence electrons. The van der Waals surface area contributed by atoms with Crippen molar-refractivity contribution < 1.29 is 9.63 Å². The third kappa shape index (κ3) is 1.93. The summed E-state index contributed by atoms with van der Waals surface area (Å²) in [5, 5.41) is 12.3. The van der Waals surface area contributed by atoms with Gasteiger partial charge in [-0.05, 0) is 6.07 Å². The third-order valence-electron chi connectivity index (χ3n) is 2.20. The lowest BCUT2D eigenvalue weighted by Gasteiger charge is -2.02. The molecule has 0 saturated carbocycles. The zero-order valence-electron chi connectivity index (χ0n) is 8.84. The number of H-pyrrole nitrogens is 1. The number of nitrogens with two attached hydrogens (primary N) is 3. The molecule has 0 aliphatic rings. The Morgan fingerprint density at radius 1 is 1.41 bits per heavy atom. The van der Waals surface area contributed by atoms with Gasteiger partial charge in [-0.2, -0.15) is 4.98 Å². The van der Waals surface area contributed by atoms with Gasteiger partial charge in [-0.15, -0.1) is 0 Å². The van der Waals surface area contributed by atoms with E-state index in [1.54, 1.807) is 12.3 Å². The number of aliphatic hydroxyl groups excluding tert-OH is 1. The Balaban J connectivity index is 2.41. The van der Waals surface area contributed by atoms with Crippen LogP contribution in [0.1, 0.15) is 17.3 Å². The summed E-state index contributed by atoms with van der Waals surface area (Å²) in [5.41, 5.74) is 18.2. The van der Waals surface area contributed by atoms with Crippen molar-refractivity contribution >= 4 is 17.2 Å². The van der Waals surface area contributed by atoms with Crippen molar-refractivity contribution in [2.45, 2.75) is 6.61 Å². The van der Waals surface area contributed by atoms with Gasteiger partial charge in [0, 0.05) is 11.8 Å². The van der Waals surface area contributed by atoms with Gasteiger partial charge in [0.1, 0.15) is 18.1 Å². The van der Waals surface area contributed by atoms with Gasteiger partial charge in [0.2, 0.25) is 0 Å². The summed E-state index contributed by atoms with van der Waals surface area (Å²) >= 11 is 0. The summed E-state index contributed by atoms with van der Waals surface area (Å²) in [5.74, 6) is 0.581. The predicted octanol–water partition coefficient (Wildman–Crippen LogP) is -0.785. The van der Waals surface area contributed by atoms with Crippen molar-refractivity contribution in [2.24, 2.45) is 11.5 Å². The number of nitrogen functional groups attached to an aromatic ring is 1. The molecular formula is C9H12N6O2. The monoisotopic (exact) mass is 236 g/mol. The fourth-order valence-electron chi connectivity index (χ4n) is 1.31.